The van der Waals surface area contributed by atoms with Crippen molar-refractivity contribution in [2.75, 3.05) is 19.0 Å². The third kappa shape index (κ3) is 1.87. The fourth-order valence-electron chi connectivity index (χ4n) is 1.65. The number of amides is 1. The molecule has 0 spiro atoms. The summed E-state index contributed by atoms with van der Waals surface area (Å²) in [4.78, 5) is 13.6. The Labute approximate surface area is 104 Å². The molecule has 0 atom stereocenters. The van der Waals surface area contributed by atoms with E-state index in [1.165, 1.54) is 5.01 Å². The zero-order chi connectivity index (χ0) is 12.6. The standard InChI is InChI=1S/C11H12N4OS/c1-14-8-6-4-3-5-7(8)9(10(14)16)13-15(2)11(12)17/h3-6H,1-2H3,(H2,12,17)/b13-9+. The molecule has 0 radical (unpaired) electrons. The van der Waals surface area contributed by atoms with Gasteiger partial charge in [0.15, 0.2) is 10.8 Å². The molecular formula is C11H12N4OS. The van der Waals surface area contributed by atoms with Gasteiger partial charge in [-0.3, -0.25) is 4.79 Å². The van der Waals surface area contributed by atoms with E-state index in [9.17, 15) is 4.79 Å². The second-order valence-electron chi connectivity index (χ2n) is 3.69. The third-order valence-corrected chi connectivity index (χ3v) is 2.86. The zero-order valence-corrected chi connectivity index (χ0v) is 10.4. The summed E-state index contributed by atoms with van der Waals surface area (Å²) in [6.45, 7) is 0. The highest BCUT2D eigenvalue weighted by molar-refractivity contribution is 7.80. The smallest absolute Gasteiger partial charge is 0.279 e. The van der Waals surface area contributed by atoms with Gasteiger partial charge in [-0.05, 0) is 18.3 Å². The first kappa shape index (κ1) is 11.5. The molecule has 1 aromatic carbocycles. The number of rotatable bonds is 1. The topological polar surface area (TPSA) is 61.9 Å². The quantitative estimate of drug-likeness (QED) is 0.582. The summed E-state index contributed by atoms with van der Waals surface area (Å²) < 4.78 is 0. The van der Waals surface area contributed by atoms with Crippen molar-refractivity contribution in [3.8, 4) is 0 Å². The molecular weight excluding hydrogens is 236 g/mol. The van der Waals surface area contributed by atoms with Crippen molar-refractivity contribution >= 4 is 34.6 Å². The lowest BCUT2D eigenvalue weighted by Crippen LogP contribution is -2.31. The normalized spacial score (nSPS) is 16.2. The molecule has 0 aromatic heterocycles. The second kappa shape index (κ2) is 4.14. The van der Waals surface area contributed by atoms with Gasteiger partial charge in [0.25, 0.3) is 5.91 Å². The molecule has 2 rings (SSSR count). The average molecular weight is 248 g/mol. The fourth-order valence-corrected chi connectivity index (χ4v) is 1.69. The number of hydrazone groups is 1. The monoisotopic (exact) mass is 248 g/mol. The number of nitrogens with two attached hydrogens (primary N) is 1. The zero-order valence-electron chi connectivity index (χ0n) is 9.54. The molecule has 0 aliphatic carbocycles. The minimum atomic E-state index is -0.158. The molecule has 0 saturated heterocycles. The number of fused-ring (bicyclic) bond motifs is 1. The van der Waals surface area contributed by atoms with Crippen LogP contribution < -0.4 is 10.6 Å². The van der Waals surface area contributed by atoms with E-state index < -0.39 is 0 Å². The van der Waals surface area contributed by atoms with Crippen molar-refractivity contribution in [2.45, 2.75) is 0 Å². The van der Waals surface area contributed by atoms with Crippen molar-refractivity contribution in [1.29, 1.82) is 0 Å². The van der Waals surface area contributed by atoms with Crippen LogP contribution in [0.25, 0.3) is 0 Å². The van der Waals surface area contributed by atoms with Gasteiger partial charge in [0, 0.05) is 19.7 Å². The first-order valence-electron chi connectivity index (χ1n) is 5.01. The van der Waals surface area contributed by atoms with Crippen LogP contribution in [0.15, 0.2) is 29.4 Å². The van der Waals surface area contributed by atoms with Crippen molar-refractivity contribution < 1.29 is 4.79 Å². The minimum absolute atomic E-state index is 0.123. The van der Waals surface area contributed by atoms with Crippen LogP contribution >= 0.6 is 12.2 Å². The molecule has 17 heavy (non-hydrogen) atoms. The first-order chi connectivity index (χ1) is 8.02. The molecule has 6 heteroatoms. The number of nitrogens with zero attached hydrogens (tertiary/aromatic N) is 3. The van der Waals surface area contributed by atoms with Crippen LogP contribution in [0, 0.1) is 0 Å². The molecule has 1 aromatic rings. The number of hydrogen-bond donors (Lipinski definition) is 1. The molecule has 0 saturated carbocycles. The summed E-state index contributed by atoms with van der Waals surface area (Å²) in [6.07, 6.45) is 0. The van der Waals surface area contributed by atoms with Gasteiger partial charge in [-0.15, -0.1) is 0 Å². The molecule has 1 amide bonds. The largest absolute Gasteiger partial charge is 0.375 e. The predicted octanol–water partition coefficient (Wildman–Crippen LogP) is 0.543. The lowest BCUT2D eigenvalue weighted by molar-refractivity contribution is -0.112. The van der Waals surface area contributed by atoms with Gasteiger partial charge < -0.3 is 10.6 Å². The Bertz CT molecular complexity index is 526. The summed E-state index contributed by atoms with van der Waals surface area (Å²) in [6, 6.07) is 7.46. The number of likely N-dealkylation sites (N-methyl/N-ethyl adjacent to an activating group) is 1. The number of para-hydroxylation sites is 1. The summed E-state index contributed by atoms with van der Waals surface area (Å²) in [5.41, 5.74) is 7.43. The maximum Gasteiger partial charge on any atom is 0.279 e. The van der Waals surface area contributed by atoms with Gasteiger partial charge in [-0.2, -0.15) is 5.10 Å². The van der Waals surface area contributed by atoms with E-state index in [0.29, 0.717) is 5.71 Å². The van der Waals surface area contributed by atoms with Crippen LogP contribution in [-0.2, 0) is 4.79 Å². The SMILES string of the molecule is CN(/N=C1/C(=O)N(C)c2ccccc21)C(N)=S. The Kier molecular flexibility index (Phi) is 2.81. The van der Waals surface area contributed by atoms with Crippen LogP contribution in [0.1, 0.15) is 5.56 Å². The highest BCUT2D eigenvalue weighted by atomic mass is 32.1. The first-order valence-corrected chi connectivity index (χ1v) is 5.42. The van der Waals surface area contributed by atoms with Crippen molar-refractivity contribution in [3.05, 3.63) is 29.8 Å². The van der Waals surface area contributed by atoms with Crippen LogP contribution in [0.5, 0.6) is 0 Å². The Morgan fingerprint density at radius 1 is 1.47 bits per heavy atom. The van der Waals surface area contributed by atoms with Gasteiger partial charge in [0.1, 0.15) is 0 Å². The van der Waals surface area contributed by atoms with E-state index in [4.69, 9.17) is 18.0 Å². The van der Waals surface area contributed by atoms with Gasteiger partial charge in [0.2, 0.25) is 0 Å². The maximum atomic E-state index is 12.0. The lowest BCUT2D eigenvalue weighted by atomic mass is 10.1. The molecule has 0 fully saturated rings. The predicted molar refractivity (Wildman–Crippen MR) is 70.9 cm³/mol. The number of benzene rings is 1. The van der Waals surface area contributed by atoms with Gasteiger partial charge in [0.05, 0.1) is 5.69 Å². The highest BCUT2D eigenvalue weighted by Crippen LogP contribution is 2.27. The second-order valence-corrected chi connectivity index (χ2v) is 4.11. The fraction of sp³-hybridized carbons (Fsp3) is 0.182. The van der Waals surface area contributed by atoms with Crippen molar-refractivity contribution in [3.63, 3.8) is 0 Å². The number of carbonyl (C=O) groups is 1. The van der Waals surface area contributed by atoms with Gasteiger partial charge in [-0.1, -0.05) is 18.2 Å². The number of hydrogen-bond acceptors (Lipinski definition) is 3. The highest BCUT2D eigenvalue weighted by Gasteiger charge is 2.31. The lowest BCUT2D eigenvalue weighted by Gasteiger charge is -2.10. The Hall–Kier alpha value is -1.95. The number of anilines is 1. The van der Waals surface area contributed by atoms with Crippen LogP contribution in [0.4, 0.5) is 5.69 Å². The Balaban J connectivity index is 2.50. The molecule has 1 aliphatic heterocycles. The van der Waals surface area contributed by atoms with Crippen molar-refractivity contribution in [2.24, 2.45) is 10.8 Å². The number of carbonyl (C=O) groups excluding carboxylic acids is 1. The molecule has 1 aliphatic rings. The van der Waals surface area contributed by atoms with Gasteiger partial charge >= 0.3 is 0 Å². The summed E-state index contributed by atoms with van der Waals surface area (Å²) >= 11 is 4.79. The third-order valence-electron chi connectivity index (χ3n) is 2.60. The van der Waals surface area contributed by atoms with Gasteiger partial charge in [-0.25, -0.2) is 5.01 Å². The van der Waals surface area contributed by atoms with E-state index in [1.807, 2.05) is 24.3 Å². The number of thiocarbonyl (C=S) groups is 1. The van der Waals surface area contributed by atoms with Crippen molar-refractivity contribution in [1.82, 2.24) is 5.01 Å². The molecule has 5 nitrogen and oxygen atoms in total. The van der Waals surface area contributed by atoms with E-state index in [-0.39, 0.29) is 11.0 Å². The average Bonchev–Trinajstić information content (AvgIpc) is 2.55. The molecule has 88 valence electrons. The summed E-state index contributed by atoms with van der Waals surface area (Å²) in [5.74, 6) is -0.158. The Morgan fingerprint density at radius 2 is 2.12 bits per heavy atom. The Morgan fingerprint density at radius 3 is 2.76 bits per heavy atom. The molecule has 0 bridgehead atoms. The van der Waals surface area contributed by atoms with E-state index in [1.54, 1.807) is 19.0 Å². The van der Waals surface area contributed by atoms with Crippen LogP contribution in [0.2, 0.25) is 0 Å². The summed E-state index contributed by atoms with van der Waals surface area (Å²) in [7, 11) is 3.33. The van der Waals surface area contributed by atoms with E-state index >= 15 is 0 Å². The maximum absolute atomic E-state index is 12.0. The minimum Gasteiger partial charge on any atom is -0.375 e. The van der Waals surface area contributed by atoms with E-state index in [2.05, 4.69) is 5.10 Å². The molecule has 0 unspecified atom stereocenters. The summed E-state index contributed by atoms with van der Waals surface area (Å²) in [5, 5.41) is 5.58. The molecule has 2 N–H and O–H groups in total. The van der Waals surface area contributed by atoms with Crippen LogP contribution in [-0.4, -0.2) is 35.8 Å². The molecule has 1 heterocycles. The van der Waals surface area contributed by atoms with E-state index in [0.717, 1.165) is 11.3 Å². The van der Waals surface area contributed by atoms with Crippen LogP contribution in [0.3, 0.4) is 0 Å².